The minimum Gasteiger partial charge on any atom is -0.372 e. The van der Waals surface area contributed by atoms with E-state index < -0.39 is 56.6 Å². The van der Waals surface area contributed by atoms with E-state index in [4.69, 9.17) is 0 Å². The quantitative estimate of drug-likeness (QED) is 0.482. The van der Waals surface area contributed by atoms with Gasteiger partial charge in [-0.05, 0) is 34.6 Å². The third kappa shape index (κ3) is 2.97. The smallest absolute Gasteiger partial charge is 0.372 e. The van der Waals surface area contributed by atoms with Crippen molar-refractivity contribution < 1.29 is 35.9 Å². The Balaban J connectivity index is 2.88. The topological polar surface area (TPSA) is 70.0 Å². The van der Waals surface area contributed by atoms with Gasteiger partial charge in [-0.2, -0.15) is 31.6 Å². The first kappa shape index (κ1) is 23.6. The van der Waals surface area contributed by atoms with Crippen LogP contribution in [-0.2, 0) is 9.59 Å². The van der Waals surface area contributed by atoms with Crippen molar-refractivity contribution in [3.05, 3.63) is 11.8 Å². The highest BCUT2D eigenvalue weighted by molar-refractivity contribution is 8.01. The van der Waals surface area contributed by atoms with E-state index in [1.807, 2.05) is 0 Å². The summed E-state index contributed by atoms with van der Waals surface area (Å²) >= 11 is 0.473. The predicted octanol–water partition coefficient (Wildman–Crippen LogP) is 4.38. The minimum atomic E-state index is -5.54. The summed E-state index contributed by atoms with van der Waals surface area (Å²) in [6.07, 6.45) is -10.6. The maximum Gasteiger partial charge on any atom is 0.409 e. The Labute approximate surface area is 168 Å². The van der Waals surface area contributed by atoms with E-state index in [1.54, 1.807) is 0 Å². The predicted molar refractivity (Wildman–Crippen MR) is 93.3 cm³/mol. The Morgan fingerprint density at radius 1 is 1.17 bits per heavy atom. The van der Waals surface area contributed by atoms with E-state index in [2.05, 4.69) is 5.32 Å². The fourth-order valence-corrected chi connectivity index (χ4v) is 6.51. The number of thioether (sulfide) groups is 1. The molecule has 11 heteroatoms. The van der Waals surface area contributed by atoms with Gasteiger partial charge in [0.2, 0.25) is 0 Å². The zero-order valence-electron chi connectivity index (χ0n) is 16.3. The molecule has 0 aromatic carbocycles. The Kier molecular flexibility index (Phi) is 5.20. The average molecular weight is 442 g/mol. The molecule has 2 aliphatic rings. The first-order valence-corrected chi connectivity index (χ1v) is 9.54. The maximum absolute atomic E-state index is 14.0. The van der Waals surface area contributed by atoms with Crippen LogP contribution in [0.15, 0.2) is 11.8 Å². The van der Waals surface area contributed by atoms with Crippen LogP contribution in [0.1, 0.15) is 34.6 Å². The van der Waals surface area contributed by atoms with Gasteiger partial charge in [0, 0.05) is 17.5 Å². The fraction of sp³-hybridized carbons (Fsp3) is 0.722. The van der Waals surface area contributed by atoms with Gasteiger partial charge in [-0.15, -0.1) is 11.8 Å². The monoisotopic (exact) mass is 442 g/mol. The summed E-state index contributed by atoms with van der Waals surface area (Å²) in [5, 5.41) is 11.9. The van der Waals surface area contributed by atoms with E-state index in [9.17, 15) is 41.2 Å². The summed E-state index contributed by atoms with van der Waals surface area (Å²) < 4.78 is 83.7. The normalized spacial score (nSPS) is 32.1. The number of nitriles is 1. The second-order valence-corrected chi connectivity index (χ2v) is 9.63. The molecule has 0 aromatic heterocycles. The van der Waals surface area contributed by atoms with E-state index >= 15 is 0 Å². The van der Waals surface area contributed by atoms with Crippen molar-refractivity contribution in [1.29, 1.82) is 5.26 Å². The first-order chi connectivity index (χ1) is 12.8. The van der Waals surface area contributed by atoms with Crippen molar-refractivity contribution in [1.82, 2.24) is 5.32 Å². The molecule has 1 heterocycles. The molecule has 1 saturated carbocycles. The lowest BCUT2D eigenvalue weighted by Crippen LogP contribution is -2.78. The lowest BCUT2D eigenvalue weighted by atomic mass is 9.50. The zero-order valence-corrected chi connectivity index (χ0v) is 17.1. The van der Waals surface area contributed by atoms with Crippen LogP contribution in [0.2, 0.25) is 0 Å². The van der Waals surface area contributed by atoms with E-state index in [0.29, 0.717) is 17.8 Å². The van der Waals surface area contributed by atoms with E-state index in [-0.39, 0.29) is 5.78 Å². The molecule has 1 saturated heterocycles. The van der Waals surface area contributed by atoms with Crippen molar-refractivity contribution >= 4 is 23.3 Å². The molecule has 1 unspecified atom stereocenters. The number of ketones is 2. The Morgan fingerprint density at radius 2 is 1.66 bits per heavy atom. The second kappa shape index (κ2) is 6.40. The minimum absolute atomic E-state index is 0.354. The number of hydrogen-bond acceptors (Lipinski definition) is 5. The maximum atomic E-state index is 14.0. The molecule has 4 nitrogen and oxygen atoms in total. The van der Waals surface area contributed by atoms with Gasteiger partial charge < -0.3 is 5.32 Å². The van der Waals surface area contributed by atoms with Crippen molar-refractivity contribution in [3.63, 3.8) is 0 Å². The molecule has 162 valence electrons. The van der Waals surface area contributed by atoms with Gasteiger partial charge in [-0.25, -0.2) is 0 Å². The molecule has 1 aliphatic heterocycles. The molecule has 0 radical (unpaired) electrons. The summed E-state index contributed by atoms with van der Waals surface area (Å²) in [4.78, 5) is 22.6. The Bertz CT molecular complexity index is 804. The number of hydrogen-bond donors (Lipinski definition) is 1. The fourth-order valence-electron chi connectivity index (χ4n) is 4.58. The number of Topliss-reactive ketones (excluding diaryl/α,β-unsaturated/α-hetero) is 1. The van der Waals surface area contributed by atoms with Crippen LogP contribution in [0.25, 0.3) is 0 Å². The zero-order chi connectivity index (χ0) is 22.8. The number of carbonyl (C=O) groups is 2. The number of halogens is 6. The van der Waals surface area contributed by atoms with Gasteiger partial charge in [-0.3, -0.25) is 9.59 Å². The van der Waals surface area contributed by atoms with Gasteiger partial charge in [0.1, 0.15) is 10.8 Å². The van der Waals surface area contributed by atoms with E-state index in [1.165, 1.54) is 27.7 Å². The molecular weight excluding hydrogens is 422 g/mol. The Morgan fingerprint density at radius 3 is 2.00 bits per heavy atom. The highest BCUT2D eigenvalue weighted by Crippen LogP contribution is 2.68. The molecule has 2 fully saturated rings. The van der Waals surface area contributed by atoms with Gasteiger partial charge >= 0.3 is 12.4 Å². The lowest BCUT2D eigenvalue weighted by molar-refractivity contribution is -0.264. The molecule has 2 atom stereocenters. The van der Waals surface area contributed by atoms with Crippen molar-refractivity contribution in [3.8, 4) is 6.07 Å². The van der Waals surface area contributed by atoms with Crippen LogP contribution in [0.4, 0.5) is 26.3 Å². The molecule has 0 aromatic rings. The van der Waals surface area contributed by atoms with Crippen LogP contribution in [0, 0.1) is 33.5 Å². The standard InChI is InChI=1S/C18H20F6N2O2S/c1-9(27)6-10-11(16(19,20)21)15(7-25,18(22,23)24)8-29-17(26-10)13(2,3)12(28)14(17,4)5/h6,11,26H,8H2,1-5H3/b10-6-/t11?,15-/m0/s1. The molecule has 0 bridgehead atoms. The number of carbonyl (C=O) groups excluding carboxylic acids is 2. The molecule has 2 rings (SSSR count). The van der Waals surface area contributed by atoms with Gasteiger partial charge in [0.15, 0.2) is 17.0 Å². The third-order valence-electron chi connectivity index (χ3n) is 5.93. The molecule has 29 heavy (non-hydrogen) atoms. The molecule has 1 aliphatic carbocycles. The van der Waals surface area contributed by atoms with Crippen molar-refractivity contribution in [2.45, 2.75) is 51.8 Å². The van der Waals surface area contributed by atoms with Crippen LogP contribution in [0.5, 0.6) is 0 Å². The first-order valence-electron chi connectivity index (χ1n) is 8.56. The van der Waals surface area contributed by atoms with Crippen LogP contribution < -0.4 is 5.32 Å². The highest BCUT2D eigenvalue weighted by Gasteiger charge is 2.78. The third-order valence-corrected chi connectivity index (χ3v) is 8.08. The van der Waals surface area contributed by atoms with Crippen LogP contribution >= 0.6 is 11.8 Å². The highest BCUT2D eigenvalue weighted by atomic mass is 32.2. The van der Waals surface area contributed by atoms with Crippen LogP contribution in [0.3, 0.4) is 0 Å². The van der Waals surface area contributed by atoms with Crippen molar-refractivity contribution in [2.24, 2.45) is 22.2 Å². The lowest BCUT2D eigenvalue weighted by Gasteiger charge is -2.65. The van der Waals surface area contributed by atoms with Gasteiger partial charge in [-0.1, -0.05) is 0 Å². The summed E-state index contributed by atoms with van der Waals surface area (Å²) in [6, 6.07) is 0.866. The molecular formula is C18H20F6N2O2S. The number of nitrogens with one attached hydrogen (secondary N) is 1. The van der Waals surface area contributed by atoms with Crippen LogP contribution in [-0.4, -0.2) is 34.5 Å². The number of alkyl halides is 6. The summed E-state index contributed by atoms with van der Waals surface area (Å²) in [6.45, 7) is 6.57. The largest absolute Gasteiger partial charge is 0.409 e. The van der Waals surface area contributed by atoms with Gasteiger partial charge in [0.05, 0.1) is 16.9 Å². The Hall–Kier alpha value is -1.70. The van der Waals surface area contributed by atoms with Crippen molar-refractivity contribution in [2.75, 3.05) is 5.75 Å². The molecule has 1 spiro atoms. The second-order valence-electron chi connectivity index (χ2n) is 8.44. The SMILES string of the molecule is CC(=O)/C=C1\NC2(SC[C@](C#N)(C(F)(F)F)C1C(F)(F)F)C(C)(C)C(=O)C2(C)C. The summed E-state index contributed by atoms with van der Waals surface area (Å²) in [7, 11) is 0. The average Bonchev–Trinajstić information content (AvgIpc) is 2.68. The summed E-state index contributed by atoms with van der Waals surface area (Å²) in [5.74, 6) is -5.83. The number of allylic oxidation sites excluding steroid dienone is 2. The molecule has 1 N–H and O–H groups in total. The number of rotatable bonds is 1. The molecule has 0 amide bonds. The summed E-state index contributed by atoms with van der Waals surface area (Å²) in [5.41, 5.74) is -7.57. The van der Waals surface area contributed by atoms with E-state index in [0.717, 1.165) is 13.0 Å². The number of nitrogens with zero attached hydrogens (tertiary/aromatic N) is 1. The van der Waals surface area contributed by atoms with Gasteiger partial charge in [0.25, 0.3) is 0 Å².